The summed E-state index contributed by atoms with van der Waals surface area (Å²) in [5.41, 5.74) is 4.04. The third-order valence-corrected chi connectivity index (χ3v) is 7.31. The van der Waals surface area contributed by atoms with E-state index in [0.717, 1.165) is 11.3 Å². The minimum absolute atomic E-state index is 0.133. The summed E-state index contributed by atoms with van der Waals surface area (Å²) in [6.45, 7) is 4.09. The van der Waals surface area contributed by atoms with E-state index in [1.165, 1.54) is 24.4 Å². The standard InChI is InChI=1S/C25H25N5O4S/c1-14-5-6-16(9-15(14)2)30-23-19(12-26-30)24(32)29-17(13-35-25(29)28-23)10-22(31)27-20-8-7-18(33-3)11-21(20)34-4/h5-9,11-12,17H,10,13H2,1-4H3,(H,27,31). The number of carbonyl (C=O) groups excluding carboxylic acids is 1. The molecule has 0 fully saturated rings. The predicted molar refractivity (Wildman–Crippen MR) is 135 cm³/mol. The van der Waals surface area contributed by atoms with E-state index in [0.29, 0.717) is 39.1 Å². The molecule has 0 saturated heterocycles. The van der Waals surface area contributed by atoms with E-state index >= 15 is 0 Å². The summed E-state index contributed by atoms with van der Waals surface area (Å²) < 4.78 is 13.9. The molecule has 1 amide bonds. The van der Waals surface area contributed by atoms with Crippen LogP contribution in [0.1, 0.15) is 23.6 Å². The lowest BCUT2D eigenvalue weighted by Crippen LogP contribution is -2.27. The SMILES string of the molecule is COc1ccc(NC(=O)CC2CSc3nc4c(cnn4-c4ccc(C)c(C)c4)c(=O)n32)c(OC)c1. The number of aryl methyl sites for hydroxylation is 2. The number of rotatable bonds is 6. The van der Waals surface area contributed by atoms with E-state index in [1.54, 1.807) is 40.8 Å². The molecule has 2 aromatic heterocycles. The van der Waals surface area contributed by atoms with Crippen LogP contribution < -0.4 is 20.3 Å². The maximum atomic E-state index is 13.4. The van der Waals surface area contributed by atoms with Gasteiger partial charge in [0.1, 0.15) is 16.9 Å². The van der Waals surface area contributed by atoms with Crippen molar-refractivity contribution in [2.45, 2.75) is 31.5 Å². The molecule has 180 valence electrons. The molecule has 2 aromatic carbocycles. The van der Waals surface area contributed by atoms with E-state index in [-0.39, 0.29) is 23.9 Å². The van der Waals surface area contributed by atoms with Crippen LogP contribution in [-0.2, 0) is 4.79 Å². The van der Waals surface area contributed by atoms with Crippen molar-refractivity contribution in [2.24, 2.45) is 0 Å². The zero-order valence-electron chi connectivity index (χ0n) is 19.9. The van der Waals surface area contributed by atoms with Gasteiger partial charge in [-0.05, 0) is 49.2 Å². The lowest BCUT2D eigenvalue weighted by Gasteiger charge is -2.15. The zero-order valence-corrected chi connectivity index (χ0v) is 20.7. The van der Waals surface area contributed by atoms with Gasteiger partial charge in [-0.15, -0.1) is 0 Å². The molecule has 1 N–H and O–H groups in total. The molecule has 0 radical (unpaired) electrons. The summed E-state index contributed by atoms with van der Waals surface area (Å²) in [6.07, 6.45) is 1.68. The van der Waals surface area contributed by atoms with Crippen molar-refractivity contribution in [3.63, 3.8) is 0 Å². The Balaban J connectivity index is 1.42. The summed E-state index contributed by atoms with van der Waals surface area (Å²) in [5.74, 6) is 1.49. The zero-order chi connectivity index (χ0) is 24.7. The monoisotopic (exact) mass is 491 g/mol. The molecule has 5 rings (SSSR count). The van der Waals surface area contributed by atoms with Gasteiger partial charge >= 0.3 is 0 Å². The first-order valence-electron chi connectivity index (χ1n) is 11.1. The van der Waals surface area contributed by atoms with Crippen molar-refractivity contribution >= 4 is 34.4 Å². The number of benzene rings is 2. The third kappa shape index (κ3) is 4.14. The Labute approximate surface area is 206 Å². The molecule has 9 nitrogen and oxygen atoms in total. The first kappa shape index (κ1) is 23.0. The van der Waals surface area contributed by atoms with Gasteiger partial charge in [0.05, 0.1) is 37.8 Å². The van der Waals surface area contributed by atoms with Gasteiger partial charge < -0.3 is 14.8 Å². The second kappa shape index (κ2) is 9.10. The topological polar surface area (TPSA) is 100 Å². The lowest BCUT2D eigenvalue weighted by molar-refractivity contribution is -0.116. The van der Waals surface area contributed by atoms with Crippen LogP contribution in [-0.4, -0.2) is 45.2 Å². The van der Waals surface area contributed by atoms with Crippen LogP contribution in [0.5, 0.6) is 11.5 Å². The number of amides is 1. The second-order valence-electron chi connectivity index (χ2n) is 8.42. The molecule has 3 heterocycles. The fraction of sp³-hybridized carbons (Fsp3) is 0.280. The number of aromatic nitrogens is 4. The van der Waals surface area contributed by atoms with E-state index < -0.39 is 0 Å². The van der Waals surface area contributed by atoms with Gasteiger partial charge in [-0.25, -0.2) is 9.67 Å². The van der Waals surface area contributed by atoms with Crippen LogP contribution >= 0.6 is 11.8 Å². The van der Waals surface area contributed by atoms with Gasteiger partial charge in [0.2, 0.25) is 5.91 Å². The maximum absolute atomic E-state index is 13.4. The van der Waals surface area contributed by atoms with Crippen molar-refractivity contribution in [3.8, 4) is 17.2 Å². The summed E-state index contributed by atoms with van der Waals surface area (Å²) in [5, 5.41) is 8.34. The molecule has 1 aliphatic heterocycles. The van der Waals surface area contributed by atoms with E-state index in [9.17, 15) is 9.59 Å². The molecular weight excluding hydrogens is 466 g/mol. The van der Waals surface area contributed by atoms with Gasteiger partial charge in [0, 0.05) is 18.2 Å². The van der Waals surface area contributed by atoms with Crippen molar-refractivity contribution in [1.29, 1.82) is 0 Å². The highest BCUT2D eigenvalue weighted by Gasteiger charge is 2.30. The minimum Gasteiger partial charge on any atom is -0.497 e. The number of thioether (sulfide) groups is 1. The summed E-state index contributed by atoms with van der Waals surface area (Å²) in [4.78, 5) is 31.0. The van der Waals surface area contributed by atoms with Crippen molar-refractivity contribution in [3.05, 3.63) is 64.1 Å². The number of carbonyl (C=O) groups is 1. The average molecular weight is 492 g/mol. The Morgan fingerprint density at radius 1 is 1.14 bits per heavy atom. The van der Waals surface area contributed by atoms with Gasteiger partial charge in [-0.1, -0.05) is 17.8 Å². The van der Waals surface area contributed by atoms with E-state index in [4.69, 9.17) is 14.5 Å². The number of hydrogen-bond acceptors (Lipinski definition) is 7. The average Bonchev–Trinajstić information content (AvgIpc) is 3.46. The predicted octanol–water partition coefficient (Wildman–Crippen LogP) is 3.89. The quantitative estimate of drug-likeness (QED) is 0.409. The Hall–Kier alpha value is -3.79. The molecule has 35 heavy (non-hydrogen) atoms. The molecule has 0 bridgehead atoms. The number of methoxy groups -OCH3 is 2. The van der Waals surface area contributed by atoms with Crippen LogP contribution in [0.4, 0.5) is 5.69 Å². The molecule has 1 unspecified atom stereocenters. The number of nitrogens with one attached hydrogen (secondary N) is 1. The number of anilines is 1. The van der Waals surface area contributed by atoms with Crippen molar-refractivity contribution in [2.75, 3.05) is 25.3 Å². The van der Waals surface area contributed by atoms with Crippen LogP contribution in [0, 0.1) is 13.8 Å². The Kier molecular flexibility index (Phi) is 5.98. The third-order valence-electron chi connectivity index (χ3n) is 6.21. The molecular formula is C25H25N5O4S. The largest absolute Gasteiger partial charge is 0.497 e. The van der Waals surface area contributed by atoms with E-state index in [2.05, 4.69) is 17.3 Å². The summed E-state index contributed by atoms with van der Waals surface area (Å²) in [6, 6.07) is 10.9. The Bertz CT molecular complexity index is 1510. The molecule has 1 atom stereocenters. The Morgan fingerprint density at radius 2 is 1.97 bits per heavy atom. The van der Waals surface area contributed by atoms with Gasteiger partial charge in [-0.2, -0.15) is 5.10 Å². The van der Waals surface area contributed by atoms with Crippen molar-refractivity contribution in [1.82, 2.24) is 19.3 Å². The fourth-order valence-electron chi connectivity index (χ4n) is 4.14. The number of nitrogens with zero attached hydrogens (tertiary/aromatic N) is 4. The minimum atomic E-state index is -0.311. The van der Waals surface area contributed by atoms with Crippen LogP contribution in [0.15, 0.2) is 52.5 Å². The first-order chi connectivity index (χ1) is 16.9. The van der Waals surface area contributed by atoms with Gasteiger partial charge in [0.25, 0.3) is 5.56 Å². The summed E-state index contributed by atoms with van der Waals surface area (Å²) in [7, 11) is 3.10. The molecule has 10 heteroatoms. The molecule has 0 spiro atoms. The summed E-state index contributed by atoms with van der Waals surface area (Å²) >= 11 is 1.47. The Morgan fingerprint density at radius 3 is 2.71 bits per heavy atom. The number of hydrogen-bond donors (Lipinski definition) is 1. The number of fused-ring (bicyclic) bond motifs is 2. The highest BCUT2D eigenvalue weighted by Crippen LogP contribution is 2.34. The smallest absolute Gasteiger partial charge is 0.265 e. The molecule has 4 aromatic rings. The van der Waals surface area contributed by atoms with Gasteiger partial charge in [0.15, 0.2) is 10.8 Å². The fourth-order valence-corrected chi connectivity index (χ4v) is 5.27. The van der Waals surface area contributed by atoms with Crippen LogP contribution in [0.2, 0.25) is 0 Å². The van der Waals surface area contributed by atoms with Crippen LogP contribution in [0.25, 0.3) is 16.7 Å². The molecule has 1 aliphatic rings. The molecule has 0 aliphatic carbocycles. The highest BCUT2D eigenvalue weighted by molar-refractivity contribution is 7.99. The maximum Gasteiger partial charge on any atom is 0.265 e. The van der Waals surface area contributed by atoms with Crippen LogP contribution in [0.3, 0.4) is 0 Å². The molecule has 0 saturated carbocycles. The van der Waals surface area contributed by atoms with Crippen molar-refractivity contribution < 1.29 is 14.3 Å². The highest BCUT2D eigenvalue weighted by atomic mass is 32.2. The lowest BCUT2D eigenvalue weighted by atomic mass is 10.1. The van der Waals surface area contributed by atoms with Gasteiger partial charge in [-0.3, -0.25) is 14.2 Å². The van der Waals surface area contributed by atoms with E-state index in [1.807, 2.05) is 25.1 Å². The first-order valence-corrected chi connectivity index (χ1v) is 12.1. The second-order valence-corrected chi connectivity index (χ2v) is 9.40. The number of ether oxygens (including phenoxy) is 2. The normalized spacial score (nSPS) is 14.7.